The number of Topliss-reactive ketones (excluding diaryl/α,β-unsaturated/α-hetero) is 1. The minimum absolute atomic E-state index is 0.363. The molecule has 3 rings (SSSR count). The van der Waals surface area contributed by atoms with Gasteiger partial charge in [-0.25, -0.2) is 0 Å². The van der Waals surface area contributed by atoms with Crippen molar-refractivity contribution in [1.82, 2.24) is 14.7 Å². The van der Waals surface area contributed by atoms with Crippen LogP contribution in [-0.4, -0.2) is 40.1 Å². The molecule has 2 heterocycles. The molecule has 2 aliphatic rings. The lowest BCUT2D eigenvalue weighted by molar-refractivity contribution is -0.123. The minimum Gasteiger partial charge on any atom is -0.303 e. The highest BCUT2D eigenvalue weighted by molar-refractivity contribution is 5.80. The van der Waals surface area contributed by atoms with Gasteiger partial charge in [-0.1, -0.05) is 20.8 Å². The van der Waals surface area contributed by atoms with Crippen LogP contribution in [0.5, 0.6) is 0 Å². The Morgan fingerprint density at radius 2 is 1.84 bits per heavy atom. The van der Waals surface area contributed by atoms with Crippen LogP contribution in [0.15, 0.2) is 12.4 Å². The van der Waals surface area contributed by atoms with Crippen LogP contribution >= 0.6 is 0 Å². The van der Waals surface area contributed by atoms with E-state index in [4.69, 9.17) is 0 Å². The summed E-state index contributed by atoms with van der Waals surface area (Å²) in [5, 5.41) is 4.60. The lowest BCUT2D eigenvalue weighted by Gasteiger charge is -2.36. The second kappa shape index (κ2) is 8.48. The summed E-state index contributed by atoms with van der Waals surface area (Å²) in [4.78, 5) is 14.5. The van der Waals surface area contributed by atoms with Crippen molar-refractivity contribution in [3.05, 3.63) is 18.0 Å². The van der Waals surface area contributed by atoms with Crippen LogP contribution in [0.3, 0.4) is 0 Å². The van der Waals surface area contributed by atoms with Gasteiger partial charge in [0.05, 0.1) is 12.2 Å². The molecule has 0 unspecified atom stereocenters. The Labute approximate surface area is 153 Å². The smallest absolute Gasteiger partial charge is 0.135 e. The Morgan fingerprint density at radius 1 is 1.16 bits per heavy atom. The van der Waals surface area contributed by atoms with Crippen molar-refractivity contribution in [3.63, 3.8) is 0 Å². The van der Waals surface area contributed by atoms with E-state index in [2.05, 4.69) is 34.7 Å². The lowest BCUT2D eigenvalue weighted by atomic mass is 9.79. The number of hydrogen-bond acceptors (Lipinski definition) is 3. The van der Waals surface area contributed by atoms with Crippen LogP contribution in [0.4, 0.5) is 0 Å². The van der Waals surface area contributed by atoms with Gasteiger partial charge in [0.15, 0.2) is 0 Å². The summed E-state index contributed by atoms with van der Waals surface area (Å²) >= 11 is 0. The van der Waals surface area contributed by atoms with E-state index >= 15 is 0 Å². The molecular formula is C21H35N3O. The standard InChI is InChI=1S/C21H35N3O/c1-4-21(25)18-7-5-17(6-8-18)14-23-11-9-20(10-12-23)24-15-19(13-22-24)16(2)3/h13,15-18,20H,4-12,14H2,1-3H3/t17-,18+. The van der Waals surface area contributed by atoms with E-state index in [0.29, 0.717) is 23.7 Å². The molecule has 4 heteroatoms. The Balaban J connectivity index is 1.41. The van der Waals surface area contributed by atoms with Gasteiger partial charge in [-0.15, -0.1) is 0 Å². The number of carbonyl (C=O) groups is 1. The van der Waals surface area contributed by atoms with Crippen molar-refractivity contribution in [2.45, 2.75) is 77.7 Å². The van der Waals surface area contributed by atoms with E-state index in [-0.39, 0.29) is 0 Å². The summed E-state index contributed by atoms with van der Waals surface area (Å²) in [6.45, 7) is 10.1. The molecule has 1 aromatic heterocycles. The van der Waals surface area contributed by atoms with Crippen LogP contribution in [0.1, 0.15) is 83.2 Å². The first-order valence-corrected chi connectivity index (χ1v) is 10.4. The van der Waals surface area contributed by atoms with Crippen LogP contribution in [0, 0.1) is 11.8 Å². The predicted octanol–water partition coefficient (Wildman–Crippen LogP) is 4.43. The molecule has 0 spiro atoms. The molecule has 2 fully saturated rings. The van der Waals surface area contributed by atoms with Crippen LogP contribution < -0.4 is 0 Å². The van der Waals surface area contributed by atoms with Crippen LogP contribution in [0.25, 0.3) is 0 Å². The molecule has 1 aliphatic carbocycles. The van der Waals surface area contributed by atoms with Crippen molar-refractivity contribution in [1.29, 1.82) is 0 Å². The highest BCUT2D eigenvalue weighted by Gasteiger charge is 2.28. The Morgan fingerprint density at radius 3 is 2.40 bits per heavy atom. The van der Waals surface area contributed by atoms with Crippen molar-refractivity contribution in [2.24, 2.45) is 11.8 Å². The Kier molecular flexibility index (Phi) is 6.32. The van der Waals surface area contributed by atoms with Gasteiger partial charge in [0.1, 0.15) is 5.78 Å². The van der Waals surface area contributed by atoms with Gasteiger partial charge in [0.2, 0.25) is 0 Å². The van der Waals surface area contributed by atoms with Gasteiger partial charge >= 0.3 is 0 Å². The predicted molar refractivity (Wildman–Crippen MR) is 102 cm³/mol. The van der Waals surface area contributed by atoms with E-state index in [0.717, 1.165) is 25.2 Å². The van der Waals surface area contributed by atoms with Crippen molar-refractivity contribution >= 4 is 5.78 Å². The number of nitrogens with zero attached hydrogens (tertiary/aromatic N) is 3. The zero-order chi connectivity index (χ0) is 17.8. The molecule has 0 bridgehead atoms. The molecule has 25 heavy (non-hydrogen) atoms. The largest absolute Gasteiger partial charge is 0.303 e. The highest BCUT2D eigenvalue weighted by Crippen LogP contribution is 2.32. The summed E-state index contributed by atoms with van der Waals surface area (Å²) in [6.07, 6.45) is 12.2. The van der Waals surface area contributed by atoms with E-state index in [9.17, 15) is 4.79 Å². The van der Waals surface area contributed by atoms with Gasteiger partial charge in [-0.3, -0.25) is 9.48 Å². The molecule has 4 nitrogen and oxygen atoms in total. The van der Waals surface area contributed by atoms with Gasteiger partial charge in [-0.2, -0.15) is 5.10 Å². The molecule has 0 N–H and O–H groups in total. The summed E-state index contributed by atoms with van der Waals surface area (Å²) in [7, 11) is 0. The third-order valence-corrected chi connectivity index (χ3v) is 6.39. The molecule has 0 aromatic carbocycles. The minimum atomic E-state index is 0.363. The normalized spacial score (nSPS) is 26.2. The second-order valence-electron chi connectivity index (χ2n) is 8.48. The number of likely N-dealkylation sites (tertiary alicyclic amines) is 1. The van der Waals surface area contributed by atoms with Crippen molar-refractivity contribution < 1.29 is 4.79 Å². The first-order valence-electron chi connectivity index (χ1n) is 10.4. The fraction of sp³-hybridized carbons (Fsp3) is 0.810. The zero-order valence-corrected chi connectivity index (χ0v) is 16.3. The summed E-state index contributed by atoms with van der Waals surface area (Å²) in [5.74, 6) is 2.21. The zero-order valence-electron chi connectivity index (χ0n) is 16.3. The maximum Gasteiger partial charge on any atom is 0.135 e. The van der Waals surface area contributed by atoms with E-state index in [1.165, 1.54) is 50.9 Å². The molecule has 140 valence electrons. The van der Waals surface area contributed by atoms with Crippen LogP contribution in [-0.2, 0) is 4.79 Å². The Bertz CT molecular complexity index is 549. The van der Waals surface area contributed by atoms with Crippen molar-refractivity contribution in [3.8, 4) is 0 Å². The lowest BCUT2D eigenvalue weighted by Crippen LogP contribution is -2.39. The third kappa shape index (κ3) is 4.72. The molecule has 0 atom stereocenters. The highest BCUT2D eigenvalue weighted by atomic mass is 16.1. The molecular weight excluding hydrogens is 310 g/mol. The average molecular weight is 346 g/mol. The van der Waals surface area contributed by atoms with E-state index in [1.54, 1.807) is 0 Å². The third-order valence-electron chi connectivity index (χ3n) is 6.39. The number of carbonyl (C=O) groups excluding carboxylic acids is 1. The monoisotopic (exact) mass is 345 g/mol. The molecule has 1 aliphatic heterocycles. The molecule has 1 aromatic rings. The maximum atomic E-state index is 11.9. The summed E-state index contributed by atoms with van der Waals surface area (Å²) < 4.78 is 2.20. The molecule has 0 amide bonds. The second-order valence-corrected chi connectivity index (χ2v) is 8.48. The van der Waals surface area contributed by atoms with Gasteiger partial charge in [0.25, 0.3) is 0 Å². The number of hydrogen-bond donors (Lipinski definition) is 0. The van der Waals surface area contributed by atoms with Gasteiger partial charge in [0, 0.05) is 38.2 Å². The first kappa shape index (κ1) is 18.6. The fourth-order valence-electron chi connectivity index (χ4n) is 4.54. The molecule has 1 saturated heterocycles. The SMILES string of the molecule is CCC(=O)[C@H]1CC[C@@H](CN2CCC(n3cc(C(C)C)cn3)CC2)CC1. The van der Waals surface area contributed by atoms with Crippen LogP contribution in [0.2, 0.25) is 0 Å². The molecule has 1 saturated carbocycles. The topological polar surface area (TPSA) is 38.1 Å². The van der Waals surface area contributed by atoms with Gasteiger partial charge < -0.3 is 4.90 Å². The number of piperidine rings is 1. The Hall–Kier alpha value is -1.16. The quantitative estimate of drug-likeness (QED) is 0.765. The molecule has 0 radical (unpaired) electrons. The maximum absolute atomic E-state index is 11.9. The summed E-state index contributed by atoms with van der Waals surface area (Å²) in [6, 6.07) is 0.571. The summed E-state index contributed by atoms with van der Waals surface area (Å²) in [5.41, 5.74) is 1.35. The van der Waals surface area contributed by atoms with E-state index in [1.807, 2.05) is 13.1 Å². The van der Waals surface area contributed by atoms with Crippen molar-refractivity contribution in [2.75, 3.05) is 19.6 Å². The van der Waals surface area contributed by atoms with Gasteiger partial charge in [-0.05, 0) is 55.9 Å². The fourth-order valence-corrected chi connectivity index (χ4v) is 4.54. The number of rotatable bonds is 6. The first-order chi connectivity index (χ1) is 12.1. The average Bonchev–Trinajstić information content (AvgIpc) is 3.13. The van der Waals surface area contributed by atoms with E-state index < -0.39 is 0 Å². The number of ketones is 1. The number of aromatic nitrogens is 2.